The highest BCUT2D eigenvalue weighted by Gasteiger charge is 2.20. The van der Waals surface area contributed by atoms with Crippen LogP contribution >= 0.6 is 0 Å². The van der Waals surface area contributed by atoms with Crippen LogP contribution in [0, 0.1) is 0 Å². The van der Waals surface area contributed by atoms with Gasteiger partial charge in [-0.1, -0.05) is 0 Å². The van der Waals surface area contributed by atoms with Crippen LogP contribution < -0.4 is 0 Å². The molecular weight excluding hydrogens is 148 g/mol. The van der Waals surface area contributed by atoms with E-state index in [0.29, 0.717) is 6.04 Å². The number of likely N-dealkylation sites (N-methyl/N-ethyl adjacent to an activating group) is 1. The van der Waals surface area contributed by atoms with Gasteiger partial charge >= 0.3 is 0 Å². The van der Waals surface area contributed by atoms with Gasteiger partial charge in [-0.05, 0) is 40.8 Å². The van der Waals surface area contributed by atoms with E-state index in [2.05, 4.69) is 37.6 Å². The van der Waals surface area contributed by atoms with Crippen molar-refractivity contribution in [1.82, 2.24) is 9.80 Å². The summed E-state index contributed by atoms with van der Waals surface area (Å²) in [4.78, 5) is 5.03. The lowest BCUT2D eigenvalue weighted by Gasteiger charge is -2.30. The normalized spacial score (nSPS) is 29.2. The molecule has 1 saturated heterocycles. The first kappa shape index (κ1) is 10.0. The van der Waals surface area contributed by atoms with Crippen molar-refractivity contribution in [1.29, 1.82) is 0 Å². The lowest BCUT2D eigenvalue weighted by Crippen LogP contribution is -2.39. The van der Waals surface area contributed by atoms with Gasteiger partial charge in [-0.25, -0.2) is 0 Å². The molecule has 1 aliphatic heterocycles. The number of hydrogen-bond donors (Lipinski definition) is 0. The fraction of sp³-hybridized carbons (Fsp3) is 1.00. The van der Waals surface area contributed by atoms with Crippen LogP contribution in [0.3, 0.4) is 0 Å². The molecule has 0 saturated carbocycles. The highest BCUT2D eigenvalue weighted by Crippen LogP contribution is 2.12. The summed E-state index contributed by atoms with van der Waals surface area (Å²) in [6, 6.07) is 1.46. The molecule has 0 bridgehead atoms. The minimum absolute atomic E-state index is 0.700. The molecule has 12 heavy (non-hydrogen) atoms. The molecule has 0 N–H and O–H groups in total. The van der Waals surface area contributed by atoms with Gasteiger partial charge < -0.3 is 4.90 Å². The maximum absolute atomic E-state index is 2.60. The molecule has 0 unspecified atom stereocenters. The standard InChI is InChI=1S/C10H22N2/c1-9(2)12-8-7-11(4)6-5-10(12)3/h9-10H,5-8H2,1-4H3/t10-/m0/s1. The van der Waals surface area contributed by atoms with Crippen LogP contribution in [0.5, 0.6) is 0 Å². The zero-order valence-electron chi connectivity index (χ0n) is 8.88. The fourth-order valence-electron chi connectivity index (χ4n) is 1.96. The minimum Gasteiger partial charge on any atom is -0.305 e. The molecule has 0 radical (unpaired) electrons. The Morgan fingerprint density at radius 3 is 2.42 bits per heavy atom. The highest BCUT2D eigenvalue weighted by molar-refractivity contribution is 4.76. The van der Waals surface area contributed by atoms with E-state index in [9.17, 15) is 0 Å². The van der Waals surface area contributed by atoms with Crippen molar-refractivity contribution >= 4 is 0 Å². The summed E-state index contributed by atoms with van der Waals surface area (Å²) in [5, 5.41) is 0. The molecule has 2 nitrogen and oxygen atoms in total. The summed E-state index contributed by atoms with van der Waals surface area (Å²) < 4.78 is 0. The van der Waals surface area contributed by atoms with Crippen LogP contribution in [0.2, 0.25) is 0 Å². The monoisotopic (exact) mass is 170 g/mol. The summed E-state index contributed by atoms with van der Waals surface area (Å²) in [6.45, 7) is 10.6. The largest absolute Gasteiger partial charge is 0.305 e. The average molecular weight is 170 g/mol. The number of hydrogen-bond acceptors (Lipinski definition) is 2. The minimum atomic E-state index is 0.700. The predicted molar refractivity (Wildman–Crippen MR) is 53.4 cm³/mol. The second-order valence-electron chi connectivity index (χ2n) is 4.27. The quantitative estimate of drug-likeness (QED) is 0.587. The van der Waals surface area contributed by atoms with Gasteiger partial charge in [-0.2, -0.15) is 0 Å². The number of nitrogens with zero attached hydrogens (tertiary/aromatic N) is 2. The summed E-state index contributed by atoms with van der Waals surface area (Å²) in [6.07, 6.45) is 1.31. The first-order chi connectivity index (χ1) is 5.61. The SMILES string of the molecule is CC(C)N1CCN(C)CC[C@@H]1C. The van der Waals surface area contributed by atoms with Crippen molar-refractivity contribution in [2.75, 3.05) is 26.7 Å². The van der Waals surface area contributed by atoms with E-state index >= 15 is 0 Å². The lowest BCUT2D eigenvalue weighted by atomic mass is 10.2. The molecule has 0 aliphatic carbocycles. The molecule has 1 aliphatic rings. The Bertz CT molecular complexity index is 134. The Kier molecular flexibility index (Phi) is 3.53. The Balaban J connectivity index is 2.50. The van der Waals surface area contributed by atoms with Crippen molar-refractivity contribution in [3.05, 3.63) is 0 Å². The molecular formula is C10H22N2. The van der Waals surface area contributed by atoms with Gasteiger partial charge in [0.05, 0.1) is 0 Å². The molecule has 0 aromatic heterocycles. The van der Waals surface area contributed by atoms with Crippen molar-refractivity contribution in [3.63, 3.8) is 0 Å². The van der Waals surface area contributed by atoms with E-state index < -0.39 is 0 Å². The van der Waals surface area contributed by atoms with Crippen molar-refractivity contribution in [2.24, 2.45) is 0 Å². The maximum Gasteiger partial charge on any atom is 0.0115 e. The second-order valence-corrected chi connectivity index (χ2v) is 4.27. The third-order valence-corrected chi connectivity index (χ3v) is 2.90. The summed E-state index contributed by atoms with van der Waals surface area (Å²) in [5.74, 6) is 0. The van der Waals surface area contributed by atoms with Crippen LogP contribution in [0.25, 0.3) is 0 Å². The van der Waals surface area contributed by atoms with E-state index in [1.165, 1.54) is 26.1 Å². The van der Waals surface area contributed by atoms with Gasteiger partial charge in [0.1, 0.15) is 0 Å². The van der Waals surface area contributed by atoms with Crippen molar-refractivity contribution in [2.45, 2.75) is 39.3 Å². The molecule has 0 spiro atoms. The van der Waals surface area contributed by atoms with Crippen molar-refractivity contribution in [3.8, 4) is 0 Å². The molecule has 1 fully saturated rings. The summed E-state index contributed by atoms with van der Waals surface area (Å²) in [7, 11) is 2.22. The Labute approximate surface area is 76.5 Å². The third kappa shape index (κ3) is 2.46. The smallest absolute Gasteiger partial charge is 0.0115 e. The topological polar surface area (TPSA) is 6.48 Å². The molecule has 2 heteroatoms. The van der Waals surface area contributed by atoms with Gasteiger partial charge in [-0.3, -0.25) is 4.90 Å². The van der Waals surface area contributed by atoms with E-state index in [4.69, 9.17) is 0 Å². The Hall–Kier alpha value is -0.0800. The van der Waals surface area contributed by atoms with E-state index in [0.717, 1.165) is 6.04 Å². The maximum atomic E-state index is 2.60. The van der Waals surface area contributed by atoms with E-state index in [-0.39, 0.29) is 0 Å². The molecule has 1 atom stereocenters. The Morgan fingerprint density at radius 1 is 1.17 bits per heavy atom. The first-order valence-electron chi connectivity index (χ1n) is 5.05. The second kappa shape index (κ2) is 4.24. The van der Waals surface area contributed by atoms with Gasteiger partial charge in [-0.15, -0.1) is 0 Å². The predicted octanol–water partition coefficient (Wildman–Crippen LogP) is 1.42. The van der Waals surface area contributed by atoms with Crippen LogP contribution in [0.4, 0.5) is 0 Å². The zero-order valence-corrected chi connectivity index (χ0v) is 8.88. The molecule has 0 amide bonds. The lowest BCUT2D eigenvalue weighted by molar-refractivity contribution is 0.171. The fourth-order valence-corrected chi connectivity index (χ4v) is 1.96. The molecule has 1 heterocycles. The zero-order chi connectivity index (χ0) is 9.14. The average Bonchev–Trinajstić information content (AvgIpc) is 2.14. The Morgan fingerprint density at radius 2 is 1.83 bits per heavy atom. The van der Waals surface area contributed by atoms with Crippen LogP contribution in [0.1, 0.15) is 27.2 Å². The van der Waals surface area contributed by atoms with E-state index in [1.807, 2.05) is 0 Å². The van der Waals surface area contributed by atoms with Crippen LogP contribution in [0.15, 0.2) is 0 Å². The molecule has 0 aromatic rings. The van der Waals surface area contributed by atoms with Gasteiger partial charge in [0.25, 0.3) is 0 Å². The van der Waals surface area contributed by atoms with E-state index in [1.54, 1.807) is 0 Å². The molecule has 1 rings (SSSR count). The molecule has 72 valence electrons. The molecule has 0 aromatic carbocycles. The summed E-state index contributed by atoms with van der Waals surface area (Å²) >= 11 is 0. The van der Waals surface area contributed by atoms with Gasteiger partial charge in [0.2, 0.25) is 0 Å². The van der Waals surface area contributed by atoms with Crippen LogP contribution in [-0.4, -0.2) is 48.6 Å². The highest BCUT2D eigenvalue weighted by atomic mass is 15.2. The third-order valence-electron chi connectivity index (χ3n) is 2.90. The van der Waals surface area contributed by atoms with Gasteiger partial charge in [0, 0.05) is 25.2 Å². The first-order valence-corrected chi connectivity index (χ1v) is 5.05. The number of rotatable bonds is 1. The van der Waals surface area contributed by atoms with Crippen LogP contribution in [-0.2, 0) is 0 Å². The van der Waals surface area contributed by atoms with Crippen molar-refractivity contribution < 1.29 is 0 Å². The van der Waals surface area contributed by atoms with Gasteiger partial charge in [0.15, 0.2) is 0 Å². The summed E-state index contributed by atoms with van der Waals surface area (Å²) in [5.41, 5.74) is 0.